The predicted octanol–water partition coefficient (Wildman–Crippen LogP) is 3.68. The highest BCUT2D eigenvalue weighted by atomic mass is 32.2. The molecule has 1 fully saturated rings. The van der Waals surface area contributed by atoms with E-state index >= 15 is 0 Å². The molecule has 0 saturated carbocycles. The maximum Gasteiger partial charge on any atom is 0.180 e. The Kier molecular flexibility index (Phi) is 5.08. The van der Waals surface area contributed by atoms with Gasteiger partial charge in [-0.15, -0.1) is 0 Å². The van der Waals surface area contributed by atoms with Crippen molar-refractivity contribution in [3.05, 3.63) is 41.3 Å². The first-order valence-electron chi connectivity index (χ1n) is 9.25. The first-order valence-corrected chi connectivity index (χ1v) is 10.1. The van der Waals surface area contributed by atoms with Crippen LogP contribution in [0.2, 0.25) is 0 Å². The molecule has 7 heteroatoms. The number of imidazole rings is 1. The Labute approximate surface area is 163 Å². The number of fused-ring (bicyclic) bond motifs is 1. The molecule has 0 radical (unpaired) electrons. The standard InChI is InChI=1S/C20H25N5OS/c1-12-7-13(2)18(27-24-15-5-4-6-26-11-15)8-16(12)17-9-22-20-19(21)23-14(3)10-25(17)20/h7-10,15,24H,4-6,11H2,1-3H3,(H2,21,23). The van der Waals surface area contributed by atoms with Gasteiger partial charge in [-0.3, -0.25) is 9.12 Å². The fourth-order valence-electron chi connectivity index (χ4n) is 3.53. The van der Waals surface area contributed by atoms with E-state index in [1.165, 1.54) is 16.0 Å². The highest BCUT2D eigenvalue weighted by molar-refractivity contribution is 7.97. The monoisotopic (exact) mass is 383 g/mol. The van der Waals surface area contributed by atoms with Crippen molar-refractivity contribution in [2.24, 2.45) is 0 Å². The minimum atomic E-state index is 0.400. The Morgan fingerprint density at radius 2 is 2.11 bits per heavy atom. The van der Waals surface area contributed by atoms with E-state index in [2.05, 4.69) is 40.7 Å². The number of ether oxygens (including phenoxy) is 1. The summed E-state index contributed by atoms with van der Waals surface area (Å²) in [5.41, 5.74) is 12.3. The van der Waals surface area contributed by atoms with Crippen molar-refractivity contribution in [2.45, 2.75) is 44.6 Å². The quantitative estimate of drug-likeness (QED) is 0.669. The summed E-state index contributed by atoms with van der Waals surface area (Å²) >= 11 is 1.69. The highest BCUT2D eigenvalue weighted by Crippen LogP contribution is 2.32. The normalized spacial score (nSPS) is 17.5. The number of aryl methyl sites for hydroxylation is 3. The maximum atomic E-state index is 6.05. The van der Waals surface area contributed by atoms with Crippen molar-refractivity contribution in [3.63, 3.8) is 0 Å². The zero-order valence-corrected chi connectivity index (χ0v) is 16.8. The smallest absolute Gasteiger partial charge is 0.180 e. The van der Waals surface area contributed by atoms with Crippen LogP contribution in [0.4, 0.5) is 5.82 Å². The number of rotatable bonds is 4. The van der Waals surface area contributed by atoms with Crippen LogP contribution in [0.5, 0.6) is 0 Å². The van der Waals surface area contributed by atoms with Gasteiger partial charge in [-0.1, -0.05) is 6.07 Å². The summed E-state index contributed by atoms with van der Waals surface area (Å²) in [4.78, 5) is 10.0. The lowest BCUT2D eigenvalue weighted by Crippen LogP contribution is -2.32. The molecule has 0 aliphatic carbocycles. The lowest BCUT2D eigenvalue weighted by molar-refractivity contribution is 0.0783. The van der Waals surface area contributed by atoms with Gasteiger partial charge in [0.25, 0.3) is 0 Å². The first-order chi connectivity index (χ1) is 13.0. The van der Waals surface area contributed by atoms with Crippen LogP contribution < -0.4 is 10.5 Å². The topological polar surface area (TPSA) is 77.5 Å². The Hall–Kier alpha value is -2.09. The van der Waals surface area contributed by atoms with E-state index in [0.29, 0.717) is 17.5 Å². The average Bonchev–Trinajstić information content (AvgIpc) is 3.06. The first kappa shape index (κ1) is 18.3. The van der Waals surface area contributed by atoms with Crippen molar-refractivity contribution in [3.8, 4) is 11.3 Å². The number of nitrogens with zero attached hydrogens (tertiary/aromatic N) is 3. The van der Waals surface area contributed by atoms with Crippen LogP contribution in [0.25, 0.3) is 16.9 Å². The van der Waals surface area contributed by atoms with Crippen LogP contribution in [-0.4, -0.2) is 33.6 Å². The molecule has 2 aromatic heterocycles. The molecule has 1 atom stereocenters. The minimum absolute atomic E-state index is 0.400. The van der Waals surface area contributed by atoms with E-state index in [4.69, 9.17) is 10.5 Å². The van der Waals surface area contributed by atoms with Gasteiger partial charge in [0.2, 0.25) is 0 Å². The second-order valence-electron chi connectivity index (χ2n) is 7.17. The van der Waals surface area contributed by atoms with Gasteiger partial charge in [0.15, 0.2) is 11.5 Å². The Bertz CT molecular complexity index is 978. The summed E-state index contributed by atoms with van der Waals surface area (Å²) in [7, 11) is 0. The van der Waals surface area contributed by atoms with Crippen molar-refractivity contribution in [1.82, 2.24) is 19.1 Å². The molecule has 1 aromatic carbocycles. The molecule has 1 aliphatic heterocycles. The average molecular weight is 384 g/mol. The summed E-state index contributed by atoms with van der Waals surface area (Å²) in [5.74, 6) is 0.458. The molecule has 1 unspecified atom stereocenters. The van der Waals surface area contributed by atoms with Gasteiger partial charge in [-0.25, -0.2) is 9.97 Å². The molecule has 3 heterocycles. The molecule has 0 amide bonds. The number of anilines is 1. The molecular formula is C20H25N5OS. The van der Waals surface area contributed by atoms with Gasteiger partial charge in [0.05, 0.1) is 24.2 Å². The molecule has 1 saturated heterocycles. The molecule has 142 valence electrons. The SMILES string of the molecule is Cc1cn2c(-c3cc(SNC4CCCOC4)c(C)cc3C)cnc2c(N)n1. The van der Waals surface area contributed by atoms with E-state index in [0.717, 1.165) is 43.0 Å². The molecular weight excluding hydrogens is 358 g/mol. The summed E-state index contributed by atoms with van der Waals surface area (Å²) in [5, 5.41) is 0. The van der Waals surface area contributed by atoms with Gasteiger partial charge in [0.1, 0.15) is 0 Å². The summed E-state index contributed by atoms with van der Waals surface area (Å²) in [6, 6.07) is 4.87. The summed E-state index contributed by atoms with van der Waals surface area (Å²) in [6.07, 6.45) is 6.13. The maximum absolute atomic E-state index is 6.05. The van der Waals surface area contributed by atoms with Crippen LogP contribution in [0, 0.1) is 20.8 Å². The third kappa shape index (κ3) is 3.67. The zero-order chi connectivity index (χ0) is 19.0. The molecule has 4 rings (SSSR count). The molecule has 3 aromatic rings. The second-order valence-corrected chi connectivity index (χ2v) is 8.05. The van der Waals surface area contributed by atoms with E-state index in [-0.39, 0.29) is 0 Å². The Morgan fingerprint density at radius 3 is 2.89 bits per heavy atom. The van der Waals surface area contributed by atoms with Crippen molar-refractivity contribution in [1.29, 1.82) is 0 Å². The number of nitrogens with one attached hydrogen (secondary N) is 1. The lowest BCUT2D eigenvalue weighted by Gasteiger charge is -2.23. The number of nitrogens with two attached hydrogens (primary N) is 1. The van der Waals surface area contributed by atoms with Crippen LogP contribution >= 0.6 is 11.9 Å². The van der Waals surface area contributed by atoms with Crippen molar-refractivity contribution < 1.29 is 4.74 Å². The van der Waals surface area contributed by atoms with Crippen molar-refractivity contribution in [2.75, 3.05) is 18.9 Å². The molecule has 27 heavy (non-hydrogen) atoms. The minimum Gasteiger partial charge on any atom is -0.381 e. The number of hydrogen-bond acceptors (Lipinski definition) is 6. The van der Waals surface area contributed by atoms with E-state index < -0.39 is 0 Å². The van der Waals surface area contributed by atoms with Gasteiger partial charge in [-0.2, -0.15) is 0 Å². The third-order valence-corrected chi connectivity index (χ3v) is 6.04. The summed E-state index contributed by atoms with van der Waals surface area (Å²) in [6.45, 7) is 7.89. The number of aromatic nitrogens is 3. The molecule has 6 nitrogen and oxygen atoms in total. The second kappa shape index (κ2) is 7.50. The number of benzene rings is 1. The third-order valence-electron chi connectivity index (χ3n) is 4.93. The lowest BCUT2D eigenvalue weighted by atomic mass is 10.0. The van der Waals surface area contributed by atoms with Gasteiger partial charge >= 0.3 is 0 Å². The van der Waals surface area contributed by atoms with E-state index in [1.54, 1.807) is 11.9 Å². The Morgan fingerprint density at radius 1 is 1.26 bits per heavy atom. The predicted molar refractivity (Wildman–Crippen MR) is 110 cm³/mol. The highest BCUT2D eigenvalue weighted by Gasteiger charge is 2.16. The molecule has 0 bridgehead atoms. The van der Waals surface area contributed by atoms with E-state index in [1.807, 2.05) is 23.7 Å². The van der Waals surface area contributed by atoms with Gasteiger partial charge in [0, 0.05) is 29.3 Å². The molecule has 0 spiro atoms. The van der Waals surface area contributed by atoms with Crippen LogP contribution in [0.3, 0.4) is 0 Å². The van der Waals surface area contributed by atoms with Crippen LogP contribution in [0.15, 0.2) is 29.4 Å². The van der Waals surface area contributed by atoms with Gasteiger partial charge in [-0.05, 0) is 62.8 Å². The number of hydrogen-bond donors (Lipinski definition) is 2. The van der Waals surface area contributed by atoms with E-state index in [9.17, 15) is 0 Å². The summed E-state index contributed by atoms with van der Waals surface area (Å²) < 4.78 is 11.2. The molecule has 1 aliphatic rings. The van der Waals surface area contributed by atoms with Crippen molar-refractivity contribution >= 4 is 23.4 Å². The van der Waals surface area contributed by atoms with Gasteiger partial charge < -0.3 is 10.5 Å². The zero-order valence-electron chi connectivity index (χ0n) is 16.0. The number of nitrogen functional groups attached to an aromatic ring is 1. The molecule has 3 N–H and O–H groups in total. The fourth-order valence-corrected chi connectivity index (χ4v) is 4.41. The fraction of sp³-hybridized carbons (Fsp3) is 0.400. The largest absolute Gasteiger partial charge is 0.381 e. The van der Waals surface area contributed by atoms with Crippen LogP contribution in [0.1, 0.15) is 29.7 Å². The van der Waals surface area contributed by atoms with Crippen LogP contribution in [-0.2, 0) is 4.74 Å². The Balaban J connectivity index is 1.69.